The summed E-state index contributed by atoms with van der Waals surface area (Å²) >= 11 is 0. The lowest BCUT2D eigenvalue weighted by Gasteiger charge is -2.37. The van der Waals surface area contributed by atoms with Crippen LogP contribution in [-0.4, -0.2) is 67.9 Å². The normalized spacial score (nSPS) is 18.0. The largest absolute Gasteiger partial charge is 0.369 e. The molecule has 2 aliphatic rings. The minimum Gasteiger partial charge on any atom is -0.369 e. The van der Waals surface area contributed by atoms with Gasteiger partial charge in [-0.05, 0) is 75.0 Å². The summed E-state index contributed by atoms with van der Waals surface area (Å²) in [5.41, 5.74) is 3.92. The van der Waals surface area contributed by atoms with Gasteiger partial charge in [0.25, 0.3) is 0 Å². The van der Waals surface area contributed by atoms with Gasteiger partial charge >= 0.3 is 0 Å². The number of anilines is 1. The molecule has 0 spiro atoms. The van der Waals surface area contributed by atoms with Crippen molar-refractivity contribution in [1.29, 1.82) is 0 Å². The fourth-order valence-electron chi connectivity index (χ4n) is 4.86. The Morgan fingerprint density at radius 2 is 1.47 bits per heavy atom. The second-order valence-corrected chi connectivity index (χ2v) is 8.96. The molecule has 4 nitrogen and oxygen atoms in total. The van der Waals surface area contributed by atoms with Crippen molar-refractivity contribution in [2.75, 3.05) is 57.3 Å². The van der Waals surface area contributed by atoms with Gasteiger partial charge in [0.15, 0.2) is 0 Å². The van der Waals surface area contributed by atoms with E-state index in [9.17, 15) is 4.79 Å². The van der Waals surface area contributed by atoms with Gasteiger partial charge in [-0.25, -0.2) is 0 Å². The molecule has 2 heterocycles. The molecule has 0 aromatic heterocycles. The van der Waals surface area contributed by atoms with Crippen molar-refractivity contribution in [1.82, 2.24) is 9.80 Å². The first kappa shape index (κ1) is 26.7. The maximum atomic E-state index is 11.3. The van der Waals surface area contributed by atoms with Crippen LogP contribution in [0, 0.1) is 5.92 Å². The Morgan fingerprint density at radius 1 is 0.812 bits per heavy atom. The molecule has 2 aliphatic heterocycles. The lowest BCUT2D eigenvalue weighted by atomic mass is 9.93. The first-order valence-corrected chi connectivity index (χ1v) is 11.5. The van der Waals surface area contributed by atoms with Gasteiger partial charge < -0.3 is 4.90 Å². The molecule has 2 aromatic carbocycles. The van der Waals surface area contributed by atoms with Crippen LogP contribution in [-0.2, 0) is 4.79 Å². The summed E-state index contributed by atoms with van der Waals surface area (Å²) in [6, 6.07) is 19.6. The van der Waals surface area contributed by atoms with E-state index >= 15 is 0 Å². The molecule has 0 saturated carbocycles. The highest BCUT2D eigenvalue weighted by Crippen LogP contribution is 2.26. The summed E-state index contributed by atoms with van der Waals surface area (Å²) in [6.45, 7) is 10.3. The molecule has 32 heavy (non-hydrogen) atoms. The second-order valence-electron chi connectivity index (χ2n) is 8.96. The number of piperidine rings is 1. The number of Topliss-reactive ketones (excluding diaryl/α,β-unsaturated/α-hetero) is 1. The second kappa shape index (κ2) is 13.2. The number of carbonyl (C=O) groups excluding carboxylic acids is 1. The zero-order chi connectivity index (χ0) is 20.8. The Balaban J connectivity index is 0.00000181. The van der Waals surface area contributed by atoms with Crippen molar-refractivity contribution >= 4 is 36.3 Å². The summed E-state index contributed by atoms with van der Waals surface area (Å²) in [7, 11) is 0. The standard InChI is InChI=1S/C26H35N3O.2ClH/c1-22(30)21-28-14-11-23(12-15-28)10-13-27-16-18-29(19-17-27)26-9-5-8-25(20-26)24-6-3-2-4-7-24;;/h2-9,20,23H,10-19,21H2,1H3;2*1H. The van der Waals surface area contributed by atoms with Gasteiger partial charge in [0.1, 0.15) is 5.78 Å². The topological polar surface area (TPSA) is 26.8 Å². The van der Waals surface area contributed by atoms with E-state index in [1.54, 1.807) is 6.92 Å². The van der Waals surface area contributed by atoms with Gasteiger partial charge in [0.2, 0.25) is 0 Å². The van der Waals surface area contributed by atoms with E-state index < -0.39 is 0 Å². The average Bonchev–Trinajstić information content (AvgIpc) is 2.79. The Labute approximate surface area is 205 Å². The Morgan fingerprint density at radius 3 is 2.12 bits per heavy atom. The van der Waals surface area contributed by atoms with Crippen LogP contribution in [0.15, 0.2) is 54.6 Å². The molecule has 0 aliphatic carbocycles. The number of rotatable bonds is 7. The summed E-state index contributed by atoms with van der Waals surface area (Å²) < 4.78 is 0. The van der Waals surface area contributed by atoms with Crippen LogP contribution in [0.4, 0.5) is 5.69 Å². The highest BCUT2D eigenvalue weighted by molar-refractivity contribution is 5.85. The van der Waals surface area contributed by atoms with Crippen molar-refractivity contribution in [3.63, 3.8) is 0 Å². The molecule has 2 saturated heterocycles. The summed E-state index contributed by atoms with van der Waals surface area (Å²) in [5, 5.41) is 0. The molecule has 6 heteroatoms. The van der Waals surface area contributed by atoms with Crippen molar-refractivity contribution < 1.29 is 4.79 Å². The summed E-state index contributed by atoms with van der Waals surface area (Å²) in [5.74, 6) is 1.12. The molecule has 0 bridgehead atoms. The SMILES string of the molecule is CC(=O)CN1CCC(CCN2CCN(c3cccc(-c4ccccc4)c3)CC2)CC1.Cl.Cl. The van der Waals surface area contributed by atoms with Crippen molar-refractivity contribution in [3.8, 4) is 11.1 Å². The van der Waals surface area contributed by atoms with Crippen molar-refractivity contribution in [2.24, 2.45) is 5.92 Å². The first-order chi connectivity index (χ1) is 14.7. The minimum absolute atomic E-state index is 0. The van der Waals surface area contributed by atoms with Crippen LogP contribution in [0.1, 0.15) is 26.2 Å². The van der Waals surface area contributed by atoms with Crippen LogP contribution in [0.2, 0.25) is 0 Å². The van der Waals surface area contributed by atoms with Gasteiger partial charge in [-0.2, -0.15) is 0 Å². The maximum Gasteiger partial charge on any atom is 0.143 e. The third-order valence-electron chi connectivity index (χ3n) is 6.70. The Kier molecular flexibility index (Phi) is 11.0. The predicted octanol–water partition coefficient (Wildman–Crippen LogP) is 5.01. The average molecular weight is 479 g/mol. The Bertz CT molecular complexity index is 817. The third-order valence-corrected chi connectivity index (χ3v) is 6.70. The van der Waals surface area contributed by atoms with E-state index in [4.69, 9.17) is 0 Å². The fraction of sp³-hybridized carbons (Fsp3) is 0.500. The zero-order valence-corrected chi connectivity index (χ0v) is 20.8. The number of hydrogen-bond donors (Lipinski definition) is 0. The van der Waals surface area contributed by atoms with Gasteiger partial charge in [0, 0.05) is 31.9 Å². The van der Waals surface area contributed by atoms with E-state index in [1.807, 2.05) is 0 Å². The maximum absolute atomic E-state index is 11.3. The molecule has 0 unspecified atom stereocenters. The van der Waals surface area contributed by atoms with Crippen LogP contribution in [0.3, 0.4) is 0 Å². The lowest BCUT2D eigenvalue weighted by Crippen LogP contribution is -2.47. The number of hydrogen-bond acceptors (Lipinski definition) is 4. The molecule has 0 radical (unpaired) electrons. The number of benzene rings is 2. The monoisotopic (exact) mass is 477 g/mol. The lowest BCUT2D eigenvalue weighted by molar-refractivity contribution is -0.118. The fourth-order valence-corrected chi connectivity index (χ4v) is 4.86. The number of halogens is 2. The van der Waals surface area contributed by atoms with E-state index in [2.05, 4.69) is 69.3 Å². The number of carbonyl (C=O) groups is 1. The molecule has 2 aromatic rings. The third kappa shape index (κ3) is 7.48. The van der Waals surface area contributed by atoms with Crippen LogP contribution >= 0.6 is 24.8 Å². The highest BCUT2D eigenvalue weighted by atomic mass is 35.5. The van der Waals surface area contributed by atoms with Gasteiger partial charge in [-0.1, -0.05) is 42.5 Å². The van der Waals surface area contributed by atoms with Crippen LogP contribution in [0.5, 0.6) is 0 Å². The molecule has 2 fully saturated rings. The molecular weight excluding hydrogens is 441 g/mol. The summed E-state index contributed by atoms with van der Waals surface area (Å²) in [4.78, 5) is 18.8. The first-order valence-electron chi connectivity index (χ1n) is 11.5. The molecule has 4 rings (SSSR count). The van der Waals surface area contributed by atoms with Gasteiger partial charge in [-0.3, -0.25) is 14.6 Å². The number of ketones is 1. The molecule has 0 N–H and O–H groups in total. The van der Waals surface area contributed by atoms with E-state index in [1.165, 1.54) is 42.6 Å². The predicted molar refractivity (Wildman–Crippen MR) is 139 cm³/mol. The number of piperazine rings is 1. The van der Waals surface area contributed by atoms with Gasteiger partial charge in [-0.15, -0.1) is 24.8 Å². The van der Waals surface area contributed by atoms with E-state index in [-0.39, 0.29) is 24.8 Å². The molecule has 176 valence electrons. The zero-order valence-electron chi connectivity index (χ0n) is 19.1. The van der Waals surface area contributed by atoms with Crippen LogP contribution in [0.25, 0.3) is 11.1 Å². The van der Waals surface area contributed by atoms with Crippen molar-refractivity contribution in [3.05, 3.63) is 54.6 Å². The summed E-state index contributed by atoms with van der Waals surface area (Å²) in [6.07, 6.45) is 3.80. The molecule has 0 amide bonds. The van der Waals surface area contributed by atoms with Gasteiger partial charge in [0.05, 0.1) is 6.54 Å². The highest BCUT2D eigenvalue weighted by Gasteiger charge is 2.22. The number of likely N-dealkylation sites (tertiary alicyclic amines) is 1. The van der Waals surface area contributed by atoms with Crippen LogP contribution < -0.4 is 4.90 Å². The quantitative estimate of drug-likeness (QED) is 0.559. The van der Waals surface area contributed by atoms with E-state index in [0.717, 1.165) is 45.2 Å². The minimum atomic E-state index is 0. The Hall–Kier alpha value is -1.59. The molecular formula is C26H37Cl2N3O. The smallest absolute Gasteiger partial charge is 0.143 e. The van der Waals surface area contributed by atoms with Crippen molar-refractivity contribution in [2.45, 2.75) is 26.2 Å². The number of nitrogens with zero attached hydrogens (tertiary/aromatic N) is 3. The van der Waals surface area contributed by atoms with E-state index in [0.29, 0.717) is 12.3 Å². The molecule has 0 atom stereocenters.